The lowest BCUT2D eigenvalue weighted by molar-refractivity contribution is -0.122. The molecule has 1 aliphatic heterocycles. The van der Waals surface area contributed by atoms with E-state index in [-0.39, 0.29) is 18.0 Å². The number of carbonyl (C=O) groups excluding carboxylic acids is 1. The number of sulfonamides is 1. The number of hydrazine groups is 1. The summed E-state index contributed by atoms with van der Waals surface area (Å²) in [6.45, 7) is 0.762. The number of benzene rings is 1. The van der Waals surface area contributed by atoms with Crippen LogP contribution in [-0.2, 0) is 14.8 Å². The second-order valence-electron chi connectivity index (χ2n) is 5.35. The Morgan fingerprint density at radius 2 is 1.95 bits per heavy atom. The van der Waals surface area contributed by atoms with Crippen molar-refractivity contribution in [1.29, 1.82) is 0 Å². The molecule has 0 aliphatic carbocycles. The lowest BCUT2D eigenvalue weighted by Crippen LogP contribution is -2.43. The monoisotopic (exact) mass is 326 g/mol. The van der Waals surface area contributed by atoms with E-state index in [4.69, 9.17) is 0 Å². The Morgan fingerprint density at radius 3 is 2.64 bits per heavy atom. The molecule has 1 aliphatic rings. The number of rotatable bonds is 7. The number of hydrogen-bond acceptors (Lipinski definition) is 5. The number of amides is 1. The predicted octanol–water partition coefficient (Wildman–Crippen LogP) is -0.350. The van der Waals surface area contributed by atoms with Crippen molar-refractivity contribution < 1.29 is 13.2 Å². The van der Waals surface area contributed by atoms with Gasteiger partial charge in [0.05, 0.1) is 6.26 Å². The summed E-state index contributed by atoms with van der Waals surface area (Å²) in [4.78, 5) is 12.0. The van der Waals surface area contributed by atoms with Crippen LogP contribution in [0.4, 0.5) is 0 Å². The van der Waals surface area contributed by atoms with Crippen molar-refractivity contribution in [2.75, 3.05) is 19.3 Å². The first-order valence-corrected chi connectivity index (χ1v) is 9.13. The maximum Gasteiger partial charge on any atom is 0.238 e. The molecule has 0 aromatic heterocycles. The smallest absolute Gasteiger partial charge is 0.238 e. The van der Waals surface area contributed by atoms with E-state index in [0.29, 0.717) is 25.9 Å². The van der Waals surface area contributed by atoms with E-state index in [0.717, 1.165) is 11.8 Å². The van der Waals surface area contributed by atoms with Crippen molar-refractivity contribution in [2.45, 2.75) is 24.9 Å². The number of hydrogen-bond donors (Lipinski definition) is 4. The highest BCUT2D eigenvalue weighted by atomic mass is 32.2. The number of carbonyl (C=O) groups is 1. The van der Waals surface area contributed by atoms with Crippen LogP contribution in [0, 0.1) is 0 Å². The van der Waals surface area contributed by atoms with E-state index in [2.05, 4.69) is 20.9 Å². The van der Waals surface area contributed by atoms with E-state index >= 15 is 0 Å². The molecule has 1 saturated heterocycles. The highest BCUT2D eigenvalue weighted by Crippen LogP contribution is 2.21. The van der Waals surface area contributed by atoms with E-state index in [9.17, 15) is 13.2 Å². The first-order chi connectivity index (χ1) is 10.5. The molecule has 22 heavy (non-hydrogen) atoms. The molecule has 0 spiro atoms. The number of nitrogens with one attached hydrogen (secondary N) is 4. The van der Waals surface area contributed by atoms with Gasteiger partial charge >= 0.3 is 0 Å². The normalized spacial score (nSPS) is 21.7. The van der Waals surface area contributed by atoms with E-state index in [1.165, 1.54) is 0 Å². The van der Waals surface area contributed by atoms with Crippen LogP contribution < -0.4 is 20.9 Å². The van der Waals surface area contributed by atoms with Gasteiger partial charge in [-0.25, -0.2) is 24.0 Å². The summed E-state index contributed by atoms with van der Waals surface area (Å²) in [5.74, 6) is -0.0784. The fourth-order valence-electron chi connectivity index (χ4n) is 2.31. The maximum absolute atomic E-state index is 12.0. The quantitative estimate of drug-likeness (QED) is 0.513. The van der Waals surface area contributed by atoms with Gasteiger partial charge in [0.25, 0.3) is 0 Å². The molecule has 1 aromatic rings. The highest BCUT2D eigenvalue weighted by Gasteiger charge is 2.29. The molecule has 7 nitrogen and oxygen atoms in total. The lowest BCUT2D eigenvalue weighted by atomic mass is 10.0. The zero-order chi connectivity index (χ0) is 16.0. The van der Waals surface area contributed by atoms with Gasteiger partial charge in [0.15, 0.2) is 0 Å². The van der Waals surface area contributed by atoms with Crippen molar-refractivity contribution in [2.24, 2.45) is 0 Å². The first kappa shape index (κ1) is 16.9. The Kier molecular flexibility index (Phi) is 5.90. The SMILES string of the molecule is CS(=O)(=O)NCCCNC(=O)C1CC(c2ccccc2)NN1. The topological polar surface area (TPSA) is 99.3 Å². The van der Waals surface area contributed by atoms with Crippen molar-refractivity contribution in [1.82, 2.24) is 20.9 Å². The Balaban J connectivity index is 1.69. The Hall–Kier alpha value is -1.48. The molecule has 122 valence electrons. The summed E-state index contributed by atoms with van der Waals surface area (Å²) >= 11 is 0. The van der Waals surface area contributed by atoms with Gasteiger partial charge in [-0.1, -0.05) is 30.3 Å². The fourth-order valence-corrected chi connectivity index (χ4v) is 2.83. The molecule has 2 atom stereocenters. The molecule has 1 fully saturated rings. The predicted molar refractivity (Wildman–Crippen MR) is 84.3 cm³/mol. The van der Waals surface area contributed by atoms with Crippen molar-refractivity contribution in [3.8, 4) is 0 Å². The van der Waals surface area contributed by atoms with Crippen LogP contribution >= 0.6 is 0 Å². The maximum atomic E-state index is 12.0. The second-order valence-corrected chi connectivity index (χ2v) is 7.18. The average molecular weight is 326 g/mol. The van der Waals surface area contributed by atoms with Gasteiger partial charge < -0.3 is 5.32 Å². The Morgan fingerprint density at radius 1 is 1.23 bits per heavy atom. The van der Waals surface area contributed by atoms with Crippen LogP contribution in [0.2, 0.25) is 0 Å². The van der Waals surface area contributed by atoms with Crippen LogP contribution in [0.15, 0.2) is 30.3 Å². The molecular formula is C14H22N4O3S. The van der Waals surface area contributed by atoms with Crippen LogP contribution in [0.1, 0.15) is 24.4 Å². The molecule has 1 amide bonds. The minimum Gasteiger partial charge on any atom is -0.355 e. The van der Waals surface area contributed by atoms with Gasteiger partial charge in [-0.3, -0.25) is 4.79 Å². The minimum atomic E-state index is -3.16. The summed E-state index contributed by atoms with van der Waals surface area (Å²) in [6.07, 6.45) is 2.35. The Labute approximate surface area is 130 Å². The standard InChI is InChI=1S/C14H22N4O3S/c1-22(20,21)16-9-5-8-15-14(19)13-10-12(17-18-13)11-6-3-2-4-7-11/h2-4,6-7,12-13,16-18H,5,8-10H2,1H3,(H,15,19). The van der Waals surface area contributed by atoms with Gasteiger partial charge in [0, 0.05) is 19.1 Å². The third-order valence-corrected chi connectivity index (χ3v) is 4.17. The van der Waals surface area contributed by atoms with Crippen LogP contribution in [-0.4, -0.2) is 39.7 Å². The van der Waals surface area contributed by atoms with Gasteiger partial charge in [0.1, 0.15) is 6.04 Å². The van der Waals surface area contributed by atoms with E-state index in [1.807, 2.05) is 30.3 Å². The molecule has 4 N–H and O–H groups in total. The van der Waals surface area contributed by atoms with Crippen molar-refractivity contribution in [3.63, 3.8) is 0 Å². The highest BCUT2D eigenvalue weighted by molar-refractivity contribution is 7.88. The van der Waals surface area contributed by atoms with Crippen LogP contribution in [0.3, 0.4) is 0 Å². The molecule has 8 heteroatoms. The van der Waals surface area contributed by atoms with Crippen molar-refractivity contribution >= 4 is 15.9 Å². The lowest BCUT2D eigenvalue weighted by Gasteiger charge is -2.10. The molecule has 0 bridgehead atoms. The molecule has 1 heterocycles. The molecule has 0 radical (unpaired) electrons. The van der Waals surface area contributed by atoms with Gasteiger partial charge in [-0.15, -0.1) is 0 Å². The van der Waals surface area contributed by atoms with Gasteiger partial charge in [0.2, 0.25) is 15.9 Å². The van der Waals surface area contributed by atoms with Crippen LogP contribution in [0.5, 0.6) is 0 Å². The zero-order valence-corrected chi connectivity index (χ0v) is 13.3. The van der Waals surface area contributed by atoms with Gasteiger partial charge in [-0.2, -0.15) is 0 Å². The summed E-state index contributed by atoms with van der Waals surface area (Å²) in [6, 6.07) is 9.78. The third kappa shape index (κ3) is 5.38. The van der Waals surface area contributed by atoms with Gasteiger partial charge in [-0.05, 0) is 18.4 Å². The summed E-state index contributed by atoms with van der Waals surface area (Å²) in [5, 5.41) is 2.81. The summed E-state index contributed by atoms with van der Waals surface area (Å²) in [5.41, 5.74) is 7.26. The summed E-state index contributed by atoms with van der Waals surface area (Å²) < 4.78 is 24.2. The molecule has 2 rings (SSSR count). The Bertz CT molecular complexity index is 591. The molecule has 0 saturated carbocycles. The van der Waals surface area contributed by atoms with E-state index < -0.39 is 10.0 Å². The molecule has 2 unspecified atom stereocenters. The van der Waals surface area contributed by atoms with E-state index in [1.54, 1.807) is 0 Å². The summed E-state index contributed by atoms with van der Waals surface area (Å²) in [7, 11) is -3.16. The second kappa shape index (κ2) is 7.68. The largest absolute Gasteiger partial charge is 0.355 e. The zero-order valence-electron chi connectivity index (χ0n) is 12.5. The molecule has 1 aromatic carbocycles. The fraction of sp³-hybridized carbons (Fsp3) is 0.500. The van der Waals surface area contributed by atoms with Crippen molar-refractivity contribution in [3.05, 3.63) is 35.9 Å². The minimum absolute atomic E-state index is 0.0784. The average Bonchev–Trinajstić information content (AvgIpc) is 2.96. The first-order valence-electron chi connectivity index (χ1n) is 7.24. The van der Waals surface area contributed by atoms with Crippen LogP contribution in [0.25, 0.3) is 0 Å². The molecular weight excluding hydrogens is 304 g/mol. The third-order valence-electron chi connectivity index (χ3n) is 3.44.